The van der Waals surface area contributed by atoms with E-state index in [1.54, 1.807) is 0 Å². The zero-order valence-corrected chi connectivity index (χ0v) is 25.4. The molecule has 0 rings (SSSR count). The Labute approximate surface area is 205 Å². The number of unbranched alkanes of at least 4 members (excludes halogenated alkanes) is 1. The average Bonchev–Trinajstić information content (AvgIpc) is 2.50. The summed E-state index contributed by atoms with van der Waals surface area (Å²) in [7, 11) is 1.99. The highest BCUT2D eigenvalue weighted by molar-refractivity contribution is 6.36. The molecule has 6 heteroatoms. The van der Waals surface area contributed by atoms with Gasteiger partial charge in [0.15, 0.2) is 12.6 Å². The van der Waals surface area contributed by atoms with Gasteiger partial charge < -0.3 is 18.9 Å². The molecule has 4 nitrogen and oxygen atoms in total. The molecule has 0 aliphatic rings. The highest BCUT2D eigenvalue weighted by Gasteiger charge is 2.25. The Balaban J connectivity index is 3.99. The largest absolute Gasteiger partial charge is 0.347 e. The van der Waals surface area contributed by atoms with Gasteiger partial charge in [-0.25, -0.2) is 0 Å². The van der Waals surface area contributed by atoms with Gasteiger partial charge in [0, 0.05) is 19.0 Å². The molecule has 0 spiro atoms. The van der Waals surface area contributed by atoms with Crippen LogP contribution >= 0.6 is 0 Å². The van der Waals surface area contributed by atoms with E-state index in [-0.39, 0.29) is 35.0 Å². The molecule has 0 aromatic rings. The van der Waals surface area contributed by atoms with Gasteiger partial charge in [-0.3, -0.25) is 0 Å². The van der Waals surface area contributed by atoms with Crippen molar-refractivity contribution in [2.45, 2.75) is 168 Å². The van der Waals surface area contributed by atoms with Gasteiger partial charge in [0.05, 0.1) is 22.4 Å². The van der Waals surface area contributed by atoms with Gasteiger partial charge >= 0.3 is 0 Å². The second kappa shape index (κ2) is 14.6. The summed E-state index contributed by atoms with van der Waals surface area (Å²) in [5, 5.41) is 0. The Kier molecular flexibility index (Phi) is 14.7. The summed E-state index contributed by atoms with van der Waals surface area (Å²) in [5.41, 5.74) is -0.687. The first-order valence-electron chi connectivity index (χ1n) is 12.5. The number of rotatable bonds is 15. The van der Waals surface area contributed by atoms with E-state index in [4.69, 9.17) is 18.9 Å². The lowest BCUT2D eigenvalue weighted by Crippen LogP contribution is -2.35. The first-order valence-corrected chi connectivity index (χ1v) is 15.3. The van der Waals surface area contributed by atoms with E-state index in [0.29, 0.717) is 0 Å². The molecule has 0 saturated heterocycles. The first kappa shape index (κ1) is 32.3. The van der Waals surface area contributed by atoms with Crippen LogP contribution in [-0.4, -0.2) is 54.0 Å². The molecule has 32 heavy (non-hydrogen) atoms. The molecule has 0 bridgehead atoms. The van der Waals surface area contributed by atoms with Crippen molar-refractivity contribution in [2.24, 2.45) is 0 Å². The van der Waals surface area contributed by atoms with Crippen molar-refractivity contribution in [3.8, 4) is 0 Å². The maximum Gasteiger partial charge on any atom is 0.158 e. The van der Waals surface area contributed by atoms with Crippen LogP contribution in [0.15, 0.2) is 0 Å². The van der Waals surface area contributed by atoms with E-state index in [2.05, 4.69) is 83.1 Å². The molecule has 0 aliphatic carbocycles. The third kappa shape index (κ3) is 23.4. The minimum absolute atomic E-state index is 0.109. The van der Waals surface area contributed by atoms with Gasteiger partial charge in [0.25, 0.3) is 0 Å². The Morgan fingerprint density at radius 1 is 0.438 bits per heavy atom. The second-order valence-corrected chi connectivity index (χ2v) is 15.6. The lowest BCUT2D eigenvalue weighted by molar-refractivity contribution is -0.234. The molecule has 0 amide bonds. The van der Waals surface area contributed by atoms with Crippen molar-refractivity contribution < 1.29 is 18.9 Å². The van der Waals surface area contributed by atoms with Crippen LogP contribution in [0.3, 0.4) is 0 Å². The fourth-order valence-corrected chi connectivity index (χ4v) is 5.43. The minimum atomic E-state index is -0.172. The minimum Gasteiger partial charge on any atom is -0.347 e. The molecule has 0 heterocycles. The lowest BCUT2D eigenvalue weighted by Gasteiger charge is -2.32. The number of hydrogen-bond donors (Lipinski definition) is 0. The predicted molar refractivity (Wildman–Crippen MR) is 140 cm³/mol. The monoisotopic (exact) mass is 486 g/mol. The molecule has 0 N–H and O–H groups in total. The fraction of sp³-hybridized carbons (Fsp3) is 1.00. The molecular weight excluding hydrogens is 432 g/mol. The van der Waals surface area contributed by atoms with E-state index < -0.39 is 0 Å². The zero-order chi connectivity index (χ0) is 25.1. The van der Waals surface area contributed by atoms with Crippen molar-refractivity contribution >= 4 is 19.0 Å². The summed E-state index contributed by atoms with van der Waals surface area (Å²) in [6, 6.07) is 5.03. The summed E-state index contributed by atoms with van der Waals surface area (Å²) in [6.07, 6.45) is 4.41. The van der Waals surface area contributed by atoms with Gasteiger partial charge in [-0.1, -0.05) is 37.0 Å². The van der Waals surface area contributed by atoms with Crippen molar-refractivity contribution in [1.82, 2.24) is 0 Å². The molecule has 190 valence electrons. The lowest BCUT2D eigenvalue weighted by atomic mass is 10.2. The summed E-state index contributed by atoms with van der Waals surface area (Å²) >= 11 is 0. The molecule has 0 atom stereocenters. The molecular formula is C26H54O4Si2. The standard InChI is InChI=1S/C26H54O4Si2/c1-23(2,3)27-21(28-24(4,5)6)15-19-31-17-13-14-18-32-20-16-22(29-25(7,8)9)30-26(10,11)12/h21-22H,13-20H2,1-12H3. The maximum atomic E-state index is 6.13. The van der Waals surface area contributed by atoms with Gasteiger partial charge in [0.1, 0.15) is 0 Å². The van der Waals surface area contributed by atoms with Crippen LogP contribution in [0, 0.1) is 0 Å². The van der Waals surface area contributed by atoms with Gasteiger partial charge in [-0.2, -0.15) is 0 Å². The SMILES string of the molecule is CC(C)(C)OC(CC[Si]CCCC[Si]CCC(OC(C)(C)C)OC(C)(C)C)OC(C)(C)C. The fourth-order valence-electron chi connectivity index (χ4n) is 3.05. The van der Waals surface area contributed by atoms with Gasteiger partial charge in [-0.15, -0.1) is 0 Å². The second-order valence-electron chi connectivity index (χ2n) is 12.6. The molecule has 0 aromatic heterocycles. The van der Waals surface area contributed by atoms with Crippen molar-refractivity contribution in [3.05, 3.63) is 0 Å². The van der Waals surface area contributed by atoms with Crippen LogP contribution in [-0.2, 0) is 18.9 Å². The van der Waals surface area contributed by atoms with Crippen molar-refractivity contribution in [2.75, 3.05) is 0 Å². The highest BCUT2D eigenvalue weighted by atomic mass is 28.2. The third-order valence-electron chi connectivity index (χ3n) is 4.01. The Morgan fingerprint density at radius 3 is 0.906 bits per heavy atom. The molecule has 0 fully saturated rings. The van der Waals surface area contributed by atoms with E-state index in [9.17, 15) is 0 Å². The summed E-state index contributed by atoms with van der Waals surface area (Å²) in [5.74, 6) is 0. The predicted octanol–water partition coefficient (Wildman–Crippen LogP) is 7.54. The highest BCUT2D eigenvalue weighted by Crippen LogP contribution is 2.22. The van der Waals surface area contributed by atoms with Crippen molar-refractivity contribution in [1.29, 1.82) is 0 Å². The zero-order valence-electron chi connectivity index (χ0n) is 23.4. The maximum absolute atomic E-state index is 6.13. The normalized spacial score (nSPS) is 14.1. The Bertz CT molecular complexity index is 394. The molecule has 0 aromatic carbocycles. The number of ether oxygens (including phenoxy) is 4. The molecule has 4 radical (unpaired) electrons. The average molecular weight is 487 g/mol. The van der Waals surface area contributed by atoms with Crippen LogP contribution in [0.5, 0.6) is 0 Å². The van der Waals surface area contributed by atoms with E-state index >= 15 is 0 Å². The van der Waals surface area contributed by atoms with Crippen LogP contribution in [0.1, 0.15) is 109 Å². The van der Waals surface area contributed by atoms with E-state index in [1.807, 2.05) is 0 Å². The smallest absolute Gasteiger partial charge is 0.158 e. The van der Waals surface area contributed by atoms with Crippen LogP contribution < -0.4 is 0 Å². The summed E-state index contributed by atoms with van der Waals surface area (Å²) < 4.78 is 24.5. The topological polar surface area (TPSA) is 36.9 Å². The van der Waals surface area contributed by atoms with E-state index in [0.717, 1.165) is 31.9 Å². The van der Waals surface area contributed by atoms with Gasteiger partial charge in [0.2, 0.25) is 0 Å². The molecule has 0 unspecified atom stereocenters. The quantitative estimate of drug-likeness (QED) is 0.136. The number of hydrogen-bond acceptors (Lipinski definition) is 4. The molecule has 0 saturated carbocycles. The van der Waals surface area contributed by atoms with E-state index in [1.165, 1.54) is 37.0 Å². The summed E-state index contributed by atoms with van der Waals surface area (Å²) in [4.78, 5) is 0. The Morgan fingerprint density at radius 2 is 0.688 bits per heavy atom. The third-order valence-corrected chi connectivity index (χ3v) is 6.71. The van der Waals surface area contributed by atoms with Gasteiger partial charge in [-0.05, 0) is 95.9 Å². The Hall–Kier alpha value is 0.274. The van der Waals surface area contributed by atoms with Crippen molar-refractivity contribution in [3.63, 3.8) is 0 Å². The van der Waals surface area contributed by atoms with Crippen LogP contribution in [0.2, 0.25) is 24.2 Å². The first-order chi connectivity index (χ1) is 14.4. The van der Waals surface area contributed by atoms with Crippen LogP contribution in [0.4, 0.5) is 0 Å². The molecule has 0 aliphatic heterocycles. The van der Waals surface area contributed by atoms with Crippen LogP contribution in [0.25, 0.3) is 0 Å². The summed E-state index contributed by atoms with van der Waals surface area (Å²) in [6.45, 7) is 25.2.